The van der Waals surface area contributed by atoms with Crippen molar-refractivity contribution in [3.8, 4) is 0 Å². The fraction of sp³-hybridized carbons (Fsp3) is 0.267. The van der Waals surface area contributed by atoms with Gasteiger partial charge < -0.3 is 5.32 Å². The molecule has 1 heterocycles. The molecule has 0 aliphatic heterocycles. The molecule has 4 nitrogen and oxygen atoms in total. The quantitative estimate of drug-likeness (QED) is 0.820. The third kappa shape index (κ3) is 4.84. The van der Waals surface area contributed by atoms with Crippen molar-refractivity contribution in [1.82, 2.24) is 0 Å². The molecule has 0 aliphatic carbocycles. The van der Waals surface area contributed by atoms with Crippen LogP contribution in [-0.2, 0) is 21.1 Å². The summed E-state index contributed by atoms with van der Waals surface area (Å²) in [5.74, 6) is -3.66. The number of carbonyl (C=O) groups excluding carboxylic acids is 1. The molecule has 0 bridgehead atoms. The lowest BCUT2D eigenvalue weighted by molar-refractivity contribution is -0.116. The van der Waals surface area contributed by atoms with E-state index in [1.165, 1.54) is 17.0 Å². The fourth-order valence-electron chi connectivity index (χ4n) is 1.93. The minimum atomic E-state index is -4.61. The lowest BCUT2D eigenvalue weighted by Gasteiger charge is -2.07. The summed E-state index contributed by atoms with van der Waals surface area (Å²) < 4.78 is 47.4. The second-order valence-electron chi connectivity index (χ2n) is 4.81. The van der Waals surface area contributed by atoms with E-state index in [9.17, 15) is 22.0 Å². The molecule has 0 aliphatic rings. The number of carbonyl (C=O) groups is 1. The molecule has 0 atom stereocenters. The summed E-state index contributed by atoms with van der Waals surface area (Å²) in [5, 5.41) is 4.59. The second kappa shape index (κ2) is 7.65. The van der Waals surface area contributed by atoms with Gasteiger partial charge in [-0.05, 0) is 48.6 Å². The highest BCUT2D eigenvalue weighted by Crippen LogP contribution is 2.20. The van der Waals surface area contributed by atoms with Gasteiger partial charge in [-0.1, -0.05) is 6.07 Å². The molecule has 0 unspecified atom stereocenters. The van der Waals surface area contributed by atoms with Crippen LogP contribution >= 0.6 is 11.3 Å². The molecule has 1 aromatic carbocycles. The monoisotopic (exact) mass is 359 g/mol. The molecule has 0 radical (unpaired) electrons. The van der Waals surface area contributed by atoms with Crippen LogP contribution in [0, 0.1) is 0 Å². The molecule has 0 saturated carbocycles. The van der Waals surface area contributed by atoms with Crippen LogP contribution in [0.5, 0.6) is 0 Å². The Morgan fingerprint density at radius 3 is 2.43 bits per heavy atom. The van der Waals surface area contributed by atoms with Gasteiger partial charge in [-0.2, -0.15) is 8.78 Å². The predicted octanol–water partition coefficient (Wildman–Crippen LogP) is 3.71. The smallest absolute Gasteiger partial charge is 0.326 e. The van der Waals surface area contributed by atoms with Crippen molar-refractivity contribution < 1.29 is 22.0 Å². The van der Waals surface area contributed by atoms with Gasteiger partial charge in [0.25, 0.3) is 0 Å². The van der Waals surface area contributed by atoms with E-state index < -0.39 is 20.5 Å². The first kappa shape index (κ1) is 17.6. The third-order valence-electron chi connectivity index (χ3n) is 3.11. The molecule has 2 rings (SSSR count). The lowest BCUT2D eigenvalue weighted by Crippen LogP contribution is -2.13. The summed E-state index contributed by atoms with van der Waals surface area (Å²) in [6, 6.07) is 8.67. The van der Waals surface area contributed by atoms with Crippen molar-refractivity contribution in [2.24, 2.45) is 0 Å². The molecule has 1 aromatic heterocycles. The van der Waals surface area contributed by atoms with Crippen molar-refractivity contribution in [3.63, 3.8) is 0 Å². The van der Waals surface area contributed by atoms with Crippen molar-refractivity contribution in [3.05, 3.63) is 46.7 Å². The highest BCUT2D eigenvalue weighted by Gasteiger charge is 2.26. The molecule has 23 heavy (non-hydrogen) atoms. The second-order valence-corrected chi connectivity index (χ2v) is 7.76. The molecule has 0 spiro atoms. The minimum Gasteiger partial charge on any atom is -0.326 e. The third-order valence-corrected chi connectivity index (χ3v) is 5.44. The van der Waals surface area contributed by atoms with Crippen molar-refractivity contribution in [2.75, 3.05) is 5.32 Å². The summed E-state index contributed by atoms with van der Waals surface area (Å²) in [6.45, 7) is 0. The van der Waals surface area contributed by atoms with E-state index >= 15 is 0 Å². The first-order valence-electron chi connectivity index (χ1n) is 6.84. The number of aryl methyl sites for hydroxylation is 1. The van der Waals surface area contributed by atoms with Gasteiger partial charge in [0.1, 0.15) is 0 Å². The van der Waals surface area contributed by atoms with Gasteiger partial charge in [0.15, 0.2) is 0 Å². The number of nitrogens with one attached hydrogen (secondary N) is 1. The number of thiophene rings is 1. The molecule has 124 valence electrons. The maximum atomic E-state index is 12.4. The van der Waals surface area contributed by atoms with Crippen molar-refractivity contribution in [1.29, 1.82) is 0 Å². The number of hydrogen-bond donors (Lipinski definition) is 1. The normalized spacial score (nSPS) is 11.6. The van der Waals surface area contributed by atoms with E-state index in [2.05, 4.69) is 5.32 Å². The maximum absolute atomic E-state index is 12.4. The predicted molar refractivity (Wildman–Crippen MR) is 85.5 cm³/mol. The molecule has 0 saturated heterocycles. The Kier molecular flexibility index (Phi) is 5.84. The fourth-order valence-corrected chi connectivity index (χ4v) is 3.40. The molecule has 1 amide bonds. The molecule has 0 fully saturated rings. The maximum Gasteiger partial charge on any atom is 0.341 e. The van der Waals surface area contributed by atoms with Gasteiger partial charge in [-0.3, -0.25) is 4.79 Å². The Balaban J connectivity index is 1.87. The van der Waals surface area contributed by atoms with E-state index in [0.717, 1.165) is 18.6 Å². The molecular formula is C15H15F2NO3S2. The van der Waals surface area contributed by atoms with Gasteiger partial charge in [-0.25, -0.2) is 8.42 Å². The molecule has 8 heteroatoms. The zero-order valence-corrected chi connectivity index (χ0v) is 13.7. The van der Waals surface area contributed by atoms with Gasteiger partial charge in [0.2, 0.25) is 15.7 Å². The van der Waals surface area contributed by atoms with Crippen LogP contribution in [0.15, 0.2) is 46.7 Å². The van der Waals surface area contributed by atoms with E-state index in [1.54, 1.807) is 11.3 Å². The number of halogens is 2. The zero-order chi connectivity index (χ0) is 16.9. The Hall–Kier alpha value is -1.80. The van der Waals surface area contributed by atoms with Crippen LogP contribution < -0.4 is 5.32 Å². The molecule has 1 N–H and O–H groups in total. The van der Waals surface area contributed by atoms with Crippen LogP contribution in [0.4, 0.5) is 14.5 Å². The minimum absolute atomic E-state index is 0.203. The average molecular weight is 359 g/mol. The molecule has 2 aromatic rings. The number of hydrogen-bond acceptors (Lipinski definition) is 4. The number of anilines is 1. The Morgan fingerprint density at radius 2 is 1.87 bits per heavy atom. The highest BCUT2D eigenvalue weighted by molar-refractivity contribution is 7.91. The average Bonchev–Trinajstić information content (AvgIpc) is 3.01. The van der Waals surface area contributed by atoms with E-state index in [0.29, 0.717) is 18.5 Å². The topological polar surface area (TPSA) is 63.2 Å². The van der Waals surface area contributed by atoms with Gasteiger partial charge in [0.05, 0.1) is 4.90 Å². The van der Waals surface area contributed by atoms with Crippen molar-refractivity contribution >= 4 is 32.8 Å². The number of rotatable bonds is 7. The van der Waals surface area contributed by atoms with Crippen LogP contribution in [0.2, 0.25) is 0 Å². The van der Waals surface area contributed by atoms with Crippen LogP contribution in [-0.4, -0.2) is 20.1 Å². The van der Waals surface area contributed by atoms with Crippen LogP contribution in [0.1, 0.15) is 17.7 Å². The summed E-state index contributed by atoms with van der Waals surface area (Å²) in [5.41, 5.74) is 0.374. The Bertz CT molecular complexity index is 742. The van der Waals surface area contributed by atoms with Crippen molar-refractivity contribution in [2.45, 2.75) is 29.9 Å². The van der Waals surface area contributed by atoms with E-state index in [4.69, 9.17) is 0 Å². The lowest BCUT2D eigenvalue weighted by atomic mass is 10.2. The number of alkyl halides is 2. The Morgan fingerprint density at radius 1 is 1.17 bits per heavy atom. The first-order valence-corrected chi connectivity index (χ1v) is 9.26. The highest BCUT2D eigenvalue weighted by atomic mass is 32.2. The number of benzene rings is 1. The summed E-state index contributed by atoms with van der Waals surface area (Å²) in [4.78, 5) is 12.5. The van der Waals surface area contributed by atoms with E-state index in [-0.39, 0.29) is 5.91 Å². The first-order chi connectivity index (χ1) is 10.9. The SMILES string of the molecule is O=C(CCCc1cccs1)Nc1ccc(S(=O)(=O)C(F)F)cc1. The number of sulfone groups is 1. The zero-order valence-electron chi connectivity index (χ0n) is 12.0. The summed E-state index contributed by atoms with van der Waals surface area (Å²) >= 11 is 1.63. The number of amides is 1. The summed E-state index contributed by atoms with van der Waals surface area (Å²) in [6.07, 6.45) is 1.84. The van der Waals surface area contributed by atoms with Crippen LogP contribution in [0.3, 0.4) is 0 Å². The Labute approximate surface area is 137 Å². The van der Waals surface area contributed by atoms with Gasteiger partial charge >= 0.3 is 5.76 Å². The van der Waals surface area contributed by atoms with Crippen LogP contribution in [0.25, 0.3) is 0 Å². The largest absolute Gasteiger partial charge is 0.341 e. The summed E-state index contributed by atoms with van der Waals surface area (Å²) in [7, 11) is -4.61. The molecular weight excluding hydrogens is 344 g/mol. The van der Waals surface area contributed by atoms with Gasteiger partial charge in [0, 0.05) is 17.0 Å². The standard InChI is InChI=1S/C15H15F2NO3S2/c16-15(17)23(20,21)13-8-6-11(7-9-13)18-14(19)5-1-3-12-4-2-10-22-12/h2,4,6-10,15H,1,3,5H2,(H,18,19). The van der Waals surface area contributed by atoms with E-state index in [1.807, 2.05) is 17.5 Å². The van der Waals surface area contributed by atoms with Gasteiger partial charge in [-0.15, -0.1) is 11.3 Å².